The van der Waals surface area contributed by atoms with E-state index in [0.717, 1.165) is 11.3 Å². The summed E-state index contributed by atoms with van der Waals surface area (Å²) in [4.78, 5) is 31.9. The molecule has 1 atom stereocenters. The largest absolute Gasteiger partial charge is 0.493 e. The summed E-state index contributed by atoms with van der Waals surface area (Å²) in [5.74, 6) is 1.08. The fraction of sp³-hybridized carbons (Fsp3) is 0.348. The van der Waals surface area contributed by atoms with Crippen LogP contribution in [0.3, 0.4) is 0 Å². The van der Waals surface area contributed by atoms with Crippen LogP contribution in [0.5, 0.6) is 11.5 Å². The number of methoxy groups -OCH3 is 1. The topological polar surface area (TPSA) is 96.2 Å². The lowest BCUT2D eigenvalue weighted by Gasteiger charge is -2.38. The molecule has 8 heteroatoms. The second kappa shape index (κ2) is 7.85. The van der Waals surface area contributed by atoms with Gasteiger partial charge in [-0.1, -0.05) is 32.6 Å². The van der Waals surface area contributed by atoms with Gasteiger partial charge in [0.05, 0.1) is 12.7 Å². The van der Waals surface area contributed by atoms with Gasteiger partial charge in [0.25, 0.3) is 5.56 Å². The van der Waals surface area contributed by atoms with Crippen molar-refractivity contribution in [1.29, 1.82) is 0 Å². The number of nitrogens with one attached hydrogen (secondary N) is 3. The Labute approximate surface area is 185 Å². The molecule has 0 radical (unpaired) electrons. The number of allylic oxidation sites excluding steroid dienone is 2. The third-order valence-corrected chi connectivity index (χ3v) is 5.83. The molecular formula is C23H25N3O4S. The number of fused-ring (bicyclic) bond motifs is 1. The molecule has 7 nitrogen and oxygen atoms in total. The van der Waals surface area contributed by atoms with E-state index in [9.17, 15) is 9.59 Å². The predicted octanol–water partition coefficient (Wildman–Crippen LogP) is 4.21. The van der Waals surface area contributed by atoms with Crippen molar-refractivity contribution in [3.63, 3.8) is 0 Å². The quantitative estimate of drug-likeness (QED) is 0.477. The van der Waals surface area contributed by atoms with Gasteiger partial charge in [-0.25, -0.2) is 0 Å². The molecule has 1 aliphatic carbocycles. The molecule has 1 aromatic carbocycles. The van der Waals surface area contributed by atoms with Gasteiger partial charge >= 0.3 is 0 Å². The molecule has 2 heterocycles. The van der Waals surface area contributed by atoms with Gasteiger partial charge in [-0.05, 0) is 41.7 Å². The van der Waals surface area contributed by atoms with Crippen LogP contribution in [-0.2, 0) is 4.79 Å². The van der Waals surface area contributed by atoms with Crippen LogP contribution in [0.4, 0.5) is 5.82 Å². The monoisotopic (exact) mass is 439 g/mol. The standard InChI is InChI=1S/C23H25N3O4S/c1-5-8-30-15-7-6-12(9-16(15)29-4)17-18-13(10-23(2,3)11-14(18)27)24-20-19(17)21(28)26-22(31)25-20/h5-7,9,17H,1,8,10-11H2,2-4H3,(H3,24,25,26,28,31). The zero-order valence-corrected chi connectivity index (χ0v) is 18.6. The molecule has 3 N–H and O–H groups in total. The van der Waals surface area contributed by atoms with E-state index < -0.39 is 5.92 Å². The maximum absolute atomic E-state index is 13.3. The number of aromatic nitrogens is 2. The average Bonchev–Trinajstić information content (AvgIpc) is 2.69. The molecule has 0 fully saturated rings. The fourth-order valence-electron chi connectivity index (χ4n) is 4.41. The Bertz CT molecular complexity index is 1220. The van der Waals surface area contributed by atoms with E-state index in [0.29, 0.717) is 47.9 Å². The van der Waals surface area contributed by atoms with Gasteiger partial charge in [-0.2, -0.15) is 0 Å². The lowest BCUT2D eigenvalue weighted by molar-refractivity contribution is -0.118. The number of hydrogen-bond donors (Lipinski definition) is 3. The van der Waals surface area contributed by atoms with Crippen LogP contribution >= 0.6 is 12.2 Å². The zero-order chi connectivity index (χ0) is 22.3. The Morgan fingerprint density at radius 1 is 1.23 bits per heavy atom. The Kier molecular flexibility index (Phi) is 5.35. The van der Waals surface area contributed by atoms with E-state index in [1.54, 1.807) is 19.3 Å². The van der Waals surface area contributed by atoms with Crippen LogP contribution < -0.4 is 20.3 Å². The van der Waals surface area contributed by atoms with Crippen LogP contribution in [0.25, 0.3) is 0 Å². The van der Waals surface area contributed by atoms with Crippen molar-refractivity contribution >= 4 is 23.8 Å². The Morgan fingerprint density at radius 2 is 2.00 bits per heavy atom. The van der Waals surface area contributed by atoms with Gasteiger partial charge in [0.15, 0.2) is 22.1 Å². The first-order valence-electron chi connectivity index (χ1n) is 10.1. The highest BCUT2D eigenvalue weighted by Crippen LogP contribution is 2.48. The summed E-state index contributed by atoms with van der Waals surface area (Å²) in [7, 11) is 1.55. The minimum Gasteiger partial charge on any atom is -0.493 e. The van der Waals surface area contributed by atoms with Crippen LogP contribution in [0.15, 0.2) is 46.9 Å². The summed E-state index contributed by atoms with van der Waals surface area (Å²) in [6, 6.07) is 5.46. The van der Waals surface area contributed by atoms with E-state index in [2.05, 4.69) is 35.7 Å². The maximum atomic E-state index is 13.3. The molecule has 162 valence electrons. The molecule has 0 amide bonds. The zero-order valence-electron chi connectivity index (χ0n) is 17.8. The number of H-pyrrole nitrogens is 2. The first kappa shape index (κ1) is 21.1. The van der Waals surface area contributed by atoms with E-state index >= 15 is 0 Å². The molecule has 1 aromatic heterocycles. The average molecular weight is 440 g/mol. The predicted molar refractivity (Wildman–Crippen MR) is 121 cm³/mol. The molecule has 4 rings (SSSR count). The van der Waals surface area contributed by atoms with E-state index in [1.165, 1.54) is 0 Å². The molecule has 2 aliphatic rings. The first-order valence-corrected chi connectivity index (χ1v) is 10.5. The minimum absolute atomic E-state index is 0.0298. The number of carbonyl (C=O) groups excluding carboxylic acids is 1. The van der Waals surface area contributed by atoms with Gasteiger partial charge in [0.1, 0.15) is 12.4 Å². The number of rotatable bonds is 5. The fourth-order valence-corrected chi connectivity index (χ4v) is 4.61. The van der Waals surface area contributed by atoms with E-state index in [-0.39, 0.29) is 21.5 Å². The van der Waals surface area contributed by atoms with E-state index in [4.69, 9.17) is 21.7 Å². The van der Waals surface area contributed by atoms with Crippen molar-refractivity contribution < 1.29 is 14.3 Å². The van der Waals surface area contributed by atoms with Gasteiger partial charge in [0, 0.05) is 23.6 Å². The van der Waals surface area contributed by atoms with Gasteiger partial charge in [-0.15, -0.1) is 0 Å². The molecule has 1 unspecified atom stereocenters. The Hall–Kier alpha value is -3.13. The number of carbonyl (C=O) groups is 1. The molecule has 2 aromatic rings. The second-order valence-corrected chi connectivity index (χ2v) is 9.01. The van der Waals surface area contributed by atoms with Crippen LogP contribution in [0.1, 0.15) is 43.7 Å². The molecule has 1 aliphatic heterocycles. The number of anilines is 1. The van der Waals surface area contributed by atoms with Crippen molar-refractivity contribution in [2.45, 2.75) is 32.6 Å². The van der Waals surface area contributed by atoms with Gasteiger partial charge in [0.2, 0.25) is 0 Å². The minimum atomic E-state index is -0.548. The highest BCUT2D eigenvalue weighted by Gasteiger charge is 2.42. The van der Waals surface area contributed by atoms with Crippen molar-refractivity contribution in [1.82, 2.24) is 9.97 Å². The summed E-state index contributed by atoms with van der Waals surface area (Å²) >= 11 is 5.17. The molecule has 0 saturated carbocycles. The first-order chi connectivity index (χ1) is 14.7. The lowest BCUT2D eigenvalue weighted by atomic mass is 9.69. The summed E-state index contributed by atoms with van der Waals surface area (Å²) in [6.07, 6.45) is 2.75. The molecule has 31 heavy (non-hydrogen) atoms. The SMILES string of the molecule is C=CCOc1ccc(C2C3=C(CC(C)(C)CC3=O)Nc3[nH]c(=S)[nH]c(=O)c32)cc1OC. The number of benzene rings is 1. The number of hydrogen-bond acceptors (Lipinski definition) is 6. The van der Waals surface area contributed by atoms with Crippen molar-refractivity contribution in [3.8, 4) is 11.5 Å². The Morgan fingerprint density at radius 3 is 2.71 bits per heavy atom. The number of Topliss-reactive ketones (excluding diaryl/α,β-unsaturated/α-hetero) is 1. The smallest absolute Gasteiger partial charge is 0.257 e. The normalized spacial score (nSPS) is 19.2. The lowest BCUT2D eigenvalue weighted by Crippen LogP contribution is -2.36. The number of ketones is 1. The van der Waals surface area contributed by atoms with Gasteiger partial charge < -0.3 is 19.8 Å². The van der Waals surface area contributed by atoms with Crippen LogP contribution in [0, 0.1) is 10.2 Å². The van der Waals surface area contributed by atoms with Crippen molar-refractivity contribution in [2.75, 3.05) is 19.0 Å². The van der Waals surface area contributed by atoms with Crippen molar-refractivity contribution in [2.24, 2.45) is 5.41 Å². The third kappa shape index (κ3) is 3.83. The van der Waals surface area contributed by atoms with E-state index in [1.807, 2.05) is 12.1 Å². The third-order valence-electron chi connectivity index (χ3n) is 5.63. The van der Waals surface area contributed by atoms with Gasteiger partial charge in [-0.3, -0.25) is 14.6 Å². The van der Waals surface area contributed by atoms with Crippen LogP contribution in [0.2, 0.25) is 0 Å². The molecule has 0 saturated heterocycles. The number of aromatic amines is 2. The highest BCUT2D eigenvalue weighted by molar-refractivity contribution is 7.71. The summed E-state index contributed by atoms with van der Waals surface area (Å²) < 4.78 is 11.4. The summed E-state index contributed by atoms with van der Waals surface area (Å²) in [6.45, 7) is 8.13. The highest BCUT2D eigenvalue weighted by atomic mass is 32.1. The molecule has 0 bridgehead atoms. The maximum Gasteiger partial charge on any atom is 0.257 e. The Balaban J connectivity index is 1.93. The van der Waals surface area contributed by atoms with Crippen molar-refractivity contribution in [3.05, 3.63) is 68.4 Å². The second-order valence-electron chi connectivity index (χ2n) is 8.60. The molecular weight excluding hydrogens is 414 g/mol. The van der Waals surface area contributed by atoms with Crippen LogP contribution in [-0.4, -0.2) is 29.5 Å². The summed E-state index contributed by atoms with van der Waals surface area (Å²) in [5.41, 5.74) is 2.13. The number of ether oxygens (including phenoxy) is 2. The summed E-state index contributed by atoms with van der Waals surface area (Å²) in [5, 5.41) is 3.28. The molecule has 0 spiro atoms.